The quantitative estimate of drug-likeness (QED) is 0.350. The van der Waals surface area contributed by atoms with Crippen molar-refractivity contribution in [2.24, 2.45) is 0 Å². The van der Waals surface area contributed by atoms with Gasteiger partial charge in [-0.05, 0) is 33.0 Å². The van der Waals surface area contributed by atoms with E-state index in [0.29, 0.717) is 0 Å². The number of likely N-dealkylation sites (N-methyl/N-ethyl adjacent to an activating group) is 2. The van der Waals surface area contributed by atoms with Crippen molar-refractivity contribution in [1.82, 2.24) is 10.2 Å². The summed E-state index contributed by atoms with van der Waals surface area (Å²) in [4.78, 5) is 2.24. The van der Waals surface area contributed by atoms with E-state index in [-0.39, 0.29) is 12.8 Å². The second-order valence-corrected chi connectivity index (χ2v) is 3.74. The molecule has 0 bridgehead atoms. The van der Waals surface area contributed by atoms with Gasteiger partial charge in [0.05, 0.1) is 12.8 Å². The minimum atomic E-state index is 0.0935. The van der Waals surface area contributed by atoms with Gasteiger partial charge in [0.1, 0.15) is 0 Å². The summed E-state index contributed by atoms with van der Waals surface area (Å²) in [6.07, 6.45) is 3.50. The summed E-state index contributed by atoms with van der Waals surface area (Å²) >= 11 is 5.60. The van der Waals surface area contributed by atoms with Crippen molar-refractivity contribution >= 4 is 11.6 Å². The van der Waals surface area contributed by atoms with Crippen LogP contribution in [0.2, 0.25) is 0 Å². The Morgan fingerprint density at radius 1 is 1.36 bits per heavy atom. The number of nitrogens with one attached hydrogen (secondary N) is 1. The molecule has 0 amide bonds. The summed E-state index contributed by atoms with van der Waals surface area (Å²) in [5, 5.41) is 12.2. The number of hydrogen-bond acceptors (Lipinski definition) is 3. The Kier molecular flexibility index (Phi) is 9.83. The first-order valence-electron chi connectivity index (χ1n) is 5.38. The highest BCUT2D eigenvalue weighted by Crippen LogP contribution is 2.02. The van der Waals surface area contributed by atoms with Gasteiger partial charge in [0.25, 0.3) is 0 Å². The highest BCUT2D eigenvalue weighted by Gasteiger charge is 2.12. The molecule has 14 heavy (non-hydrogen) atoms. The Morgan fingerprint density at radius 3 is 2.50 bits per heavy atom. The molecule has 0 aliphatic rings. The zero-order chi connectivity index (χ0) is 10.8. The molecule has 1 atom stereocenters. The molecule has 0 fully saturated rings. The van der Waals surface area contributed by atoms with Gasteiger partial charge in [0.15, 0.2) is 0 Å². The Labute approximate surface area is 92.4 Å². The third kappa shape index (κ3) is 5.81. The molecule has 2 N–H and O–H groups in total. The molecule has 0 aromatic carbocycles. The molecule has 0 aliphatic heterocycles. The summed E-state index contributed by atoms with van der Waals surface area (Å²) in [5.41, 5.74) is 0. The van der Waals surface area contributed by atoms with E-state index in [1.807, 2.05) is 7.05 Å². The Morgan fingerprint density at radius 2 is 2.07 bits per heavy atom. The molecular formula is C10H23ClN2O. The van der Waals surface area contributed by atoms with Crippen LogP contribution >= 0.6 is 11.6 Å². The van der Waals surface area contributed by atoms with Gasteiger partial charge in [-0.25, -0.2) is 0 Å². The maximum Gasteiger partial charge on any atom is 0.0833 e. The molecule has 0 aliphatic carbocycles. The van der Waals surface area contributed by atoms with Crippen molar-refractivity contribution in [3.8, 4) is 0 Å². The molecule has 0 rings (SSSR count). The molecule has 0 spiro atoms. The van der Waals surface area contributed by atoms with Crippen molar-refractivity contribution in [1.29, 1.82) is 0 Å². The molecule has 4 heteroatoms. The van der Waals surface area contributed by atoms with Crippen LogP contribution in [0.5, 0.6) is 0 Å². The minimum absolute atomic E-state index is 0.0935. The van der Waals surface area contributed by atoms with Crippen LogP contribution in [0.15, 0.2) is 0 Å². The third-order valence-corrected chi connectivity index (χ3v) is 2.70. The fourth-order valence-electron chi connectivity index (χ4n) is 1.51. The lowest BCUT2D eigenvalue weighted by atomic mass is 10.2. The van der Waals surface area contributed by atoms with Crippen molar-refractivity contribution in [2.45, 2.75) is 32.4 Å². The number of rotatable bonds is 9. The second kappa shape index (κ2) is 9.71. The lowest BCUT2D eigenvalue weighted by Gasteiger charge is -2.28. The van der Waals surface area contributed by atoms with Gasteiger partial charge in [0, 0.05) is 5.88 Å². The van der Waals surface area contributed by atoms with Crippen molar-refractivity contribution in [3.63, 3.8) is 0 Å². The van der Waals surface area contributed by atoms with E-state index in [9.17, 15) is 0 Å². The van der Waals surface area contributed by atoms with E-state index < -0.39 is 0 Å². The minimum Gasteiger partial charge on any atom is -0.393 e. The summed E-state index contributed by atoms with van der Waals surface area (Å²) in [5.74, 6) is 0.752. The predicted octanol–water partition coefficient (Wildman–Crippen LogP) is 1.26. The van der Waals surface area contributed by atoms with E-state index >= 15 is 0 Å². The van der Waals surface area contributed by atoms with Gasteiger partial charge in [-0.15, -0.1) is 11.6 Å². The van der Waals surface area contributed by atoms with E-state index in [1.54, 1.807) is 0 Å². The Balaban J connectivity index is 3.65. The van der Waals surface area contributed by atoms with Crippen molar-refractivity contribution in [3.05, 3.63) is 0 Å². The Hall–Kier alpha value is 0.170. The predicted molar refractivity (Wildman–Crippen MR) is 61.8 cm³/mol. The van der Waals surface area contributed by atoms with Crippen LogP contribution in [0.4, 0.5) is 0 Å². The van der Waals surface area contributed by atoms with Crippen LogP contribution < -0.4 is 5.32 Å². The molecule has 0 heterocycles. The summed E-state index contributed by atoms with van der Waals surface area (Å²) in [6.45, 7) is 4.27. The zero-order valence-corrected chi connectivity index (χ0v) is 10.1. The van der Waals surface area contributed by atoms with E-state index in [4.69, 9.17) is 16.7 Å². The van der Waals surface area contributed by atoms with Gasteiger partial charge in [0.2, 0.25) is 0 Å². The van der Waals surface area contributed by atoms with E-state index in [1.165, 1.54) is 6.42 Å². The number of aliphatic hydroxyl groups is 1. The Bertz CT molecular complexity index is 121. The van der Waals surface area contributed by atoms with Crippen LogP contribution in [-0.4, -0.2) is 48.8 Å². The van der Waals surface area contributed by atoms with E-state index in [0.717, 1.165) is 31.8 Å². The maximum atomic E-state index is 9.10. The first kappa shape index (κ1) is 14.2. The number of alkyl halides is 1. The lowest BCUT2D eigenvalue weighted by Crippen LogP contribution is -2.46. The molecule has 0 aromatic heterocycles. The first-order valence-corrected chi connectivity index (χ1v) is 5.91. The van der Waals surface area contributed by atoms with E-state index in [2.05, 4.69) is 17.1 Å². The molecule has 0 saturated carbocycles. The topological polar surface area (TPSA) is 35.5 Å². The third-order valence-electron chi connectivity index (χ3n) is 2.43. The summed E-state index contributed by atoms with van der Waals surface area (Å²) < 4.78 is 0. The largest absolute Gasteiger partial charge is 0.393 e. The molecule has 86 valence electrons. The average Bonchev–Trinajstić information content (AvgIpc) is 2.23. The van der Waals surface area contributed by atoms with Crippen molar-refractivity contribution in [2.75, 3.05) is 32.6 Å². The van der Waals surface area contributed by atoms with Gasteiger partial charge >= 0.3 is 0 Å². The van der Waals surface area contributed by atoms with Crippen molar-refractivity contribution < 1.29 is 5.11 Å². The number of unbranched alkanes of at least 4 members (excludes halogenated alkanes) is 2. The number of aliphatic hydroxyl groups excluding tert-OH is 1. The summed E-state index contributed by atoms with van der Waals surface area (Å²) in [7, 11) is 1.88. The average molecular weight is 223 g/mol. The normalized spacial score (nSPS) is 13.5. The number of hydrogen-bond donors (Lipinski definition) is 2. The number of nitrogens with zero attached hydrogens (tertiary/aromatic N) is 1. The second-order valence-electron chi connectivity index (χ2n) is 3.37. The smallest absolute Gasteiger partial charge is 0.0833 e. The number of halogens is 1. The summed E-state index contributed by atoms with van der Waals surface area (Å²) in [6, 6.07) is 0. The molecule has 3 nitrogen and oxygen atoms in total. The SMILES string of the molecule is CCN(CCCCCCl)[C@H](CO)NC. The molecule has 0 aromatic rings. The lowest BCUT2D eigenvalue weighted by molar-refractivity contribution is 0.107. The highest BCUT2D eigenvalue weighted by atomic mass is 35.5. The highest BCUT2D eigenvalue weighted by molar-refractivity contribution is 6.17. The monoisotopic (exact) mass is 222 g/mol. The van der Waals surface area contributed by atoms with Gasteiger partial charge in [-0.3, -0.25) is 4.90 Å². The van der Waals surface area contributed by atoms with Crippen LogP contribution in [0.25, 0.3) is 0 Å². The molecule has 0 saturated heterocycles. The van der Waals surface area contributed by atoms with Crippen LogP contribution in [-0.2, 0) is 0 Å². The zero-order valence-electron chi connectivity index (χ0n) is 9.30. The molecular weight excluding hydrogens is 200 g/mol. The van der Waals surface area contributed by atoms with Gasteiger partial charge in [-0.1, -0.05) is 13.3 Å². The van der Waals surface area contributed by atoms with Gasteiger partial charge < -0.3 is 10.4 Å². The standard InChI is InChI=1S/C10H23ClN2O/c1-3-13(10(9-14)12-2)8-6-4-5-7-11/h10,12,14H,3-9H2,1-2H3/t10-/m1/s1. The van der Waals surface area contributed by atoms with Crippen LogP contribution in [0, 0.1) is 0 Å². The van der Waals surface area contributed by atoms with Crippen LogP contribution in [0.3, 0.4) is 0 Å². The fraction of sp³-hybridized carbons (Fsp3) is 1.00. The first-order chi connectivity index (χ1) is 6.79. The fourth-order valence-corrected chi connectivity index (χ4v) is 1.70. The maximum absolute atomic E-state index is 9.10. The van der Waals surface area contributed by atoms with Crippen LogP contribution in [0.1, 0.15) is 26.2 Å². The van der Waals surface area contributed by atoms with Gasteiger partial charge in [-0.2, -0.15) is 0 Å². The molecule has 0 radical (unpaired) electrons. The molecule has 0 unspecified atom stereocenters.